The summed E-state index contributed by atoms with van der Waals surface area (Å²) in [7, 11) is 0. The van der Waals surface area contributed by atoms with E-state index in [2.05, 4.69) is 30.6 Å². The van der Waals surface area contributed by atoms with E-state index in [-0.39, 0.29) is 0 Å². The highest BCUT2D eigenvalue weighted by Crippen LogP contribution is 2.33. The third-order valence-electron chi connectivity index (χ3n) is 2.45. The van der Waals surface area contributed by atoms with E-state index >= 15 is 0 Å². The molecule has 0 N–H and O–H groups in total. The third kappa shape index (κ3) is 3.37. The Morgan fingerprint density at radius 1 is 1.28 bits per heavy atom. The van der Waals surface area contributed by atoms with Gasteiger partial charge in [-0.05, 0) is 19.1 Å². The van der Waals surface area contributed by atoms with Gasteiger partial charge in [-0.1, -0.05) is 54.6 Å². The first-order chi connectivity index (χ1) is 8.66. The zero-order valence-electron chi connectivity index (χ0n) is 10.1. The van der Waals surface area contributed by atoms with Crippen molar-refractivity contribution in [2.24, 2.45) is 4.99 Å². The van der Waals surface area contributed by atoms with Crippen molar-refractivity contribution in [3.8, 4) is 0 Å². The largest absolute Gasteiger partial charge is 0.235 e. The molecule has 0 aromatic heterocycles. The highest BCUT2D eigenvalue weighted by molar-refractivity contribution is 8.00. The summed E-state index contributed by atoms with van der Waals surface area (Å²) in [6.45, 7) is 6.06. The van der Waals surface area contributed by atoms with Crippen LogP contribution in [0.3, 0.4) is 0 Å². The lowest BCUT2D eigenvalue weighted by Gasteiger charge is -2.08. The Balaban J connectivity index is 2.48. The zero-order chi connectivity index (χ0) is 13.0. The summed E-state index contributed by atoms with van der Waals surface area (Å²) in [5.41, 5.74) is 1.61. The van der Waals surface area contributed by atoms with Crippen LogP contribution in [-0.2, 0) is 0 Å². The zero-order valence-corrected chi connectivity index (χ0v) is 11.7. The van der Waals surface area contributed by atoms with E-state index in [9.17, 15) is 0 Å². The summed E-state index contributed by atoms with van der Waals surface area (Å²) in [5.74, 6) is 0. The lowest BCUT2D eigenvalue weighted by molar-refractivity contribution is 1.23. The van der Waals surface area contributed by atoms with Gasteiger partial charge in [0.1, 0.15) is 5.17 Å². The molecule has 0 saturated carbocycles. The van der Waals surface area contributed by atoms with E-state index in [0.717, 1.165) is 16.2 Å². The first-order valence-electron chi connectivity index (χ1n) is 5.71. The molecule has 3 heteroatoms. The predicted octanol–water partition coefficient (Wildman–Crippen LogP) is 5.12. The van der Waals surface area contributed by atoms with Crippen molar-refractivity contribution < 1.29 is 0 Å². The van der Waals surface area contributed by atoms with E-state index in [1.165, 1.54) is 0 Å². The molecule has 92 valence electrons. The van der Waals surface area contributed by atoms with E-state index < -0.39 is 0 Å². The molecule has 1 nitrogen and oxygen atoms in total. The number of nitrogens with zero attached hydrogens (tertiary/aromatic N) is 1. The Kier molecular flexibility index (Phi) is 4.45. The van der Waals surface area contributed by atoms with Gasteiger partial charge >= 0.3 is 0 Å². The van der Waals surface area contributed by atoms with Crippen LogP contribution in [0.5, 0.6) is 0 Å². The minimum atomic E-state index is 0.385. The van der Waals surface area contributed by atoms with Crippen molar-refractivity contribution in [1.82, 2.24) is 0 Å². The maximum Gasteiger partial charge on any atom is 0.136 e. The molecule has 0 bridgehead atoms. The van der Waals surface area contributed by atoms with Crippen LogP contribution >= 0.6 is 23.4 Å². The number of para-hydroxylation sites is 1. The van der Waals surface area contributed by atoms with Gasteiger partial charge in [-0.25, -0.2) is 4.99 Å². The monoisotopic (exact) mass is 275 g/mol. The normalized spacial score (nSPS) is 23.6. The number of hydrogen-bond donors (Lipinski definition) is 0. The molecule has 1 aromatic carbocycles. The Morgan fingerprint density at radius 2 is 2.06 bits per heavy atom. The molecule has 2 rings (SSSR count). The van der Waals surface area contributed by atoms with Gasteiger partial charge in [0, 0.05) is 15.7 Å². The maximum atomic E-state index is 6.15. The summed E-state index contributed by atoms with van der Waals surface area (Å²) >= 11 is 7.92. The number of hydrogen-bond acceptors (Lipinski definition) is 2. The Morgan fingerprint density at radius 3 is 2.89 bits per heavy atom. The van der Waals surface area contributed by atoms with Crippen LogP contribution < -0.4 is 0 Å². The fourth-order valence-electron chi connectivity index (χ4n) is 1.53. The van der Waals surface area contributed by atoms with Gasteiger partial charge in [-0.2, -0.15) is 0 Å². The fourth-order valence-corrected chi connectivity index (χ4v) is 2.64. The van der Waals surface area contributed by atoms with Crippen LogP contribution in [-0.4, -0.2) is 10.4 Å². The van der Waals surface area contributed by atoms with Crippen LogP contribution in [0.2, 0.25) is 0 Å². The topological polar surface area (TPSA) is 12.4 Å². The number of benzene rings is 1. The maximum absolute atomic E-state index is 6.15. The number of fused-ring (bicyclic) bond motifs is 1. The van der Waals surface area contributed by atoms with Crippen molar-refractivity contribution in [1.29, 1.82) is 0 Å². The van der Waals surface area contributed by atoms with Crippen LogP contribution in [0, 0.1) is 0 Å². The van der Waals surface area contributed by atoms with Gasteiger partial charge in [-0.3, -0.25) is 0 Å². The van der Waals surface area contributed by atoms with Crippen LogP contribution in [0.15, 0.2) is 70.6 Å². The second kappa shape index (κ2) is 6.07. The smallest absolute Gasteiger partial charge is 0.136 e. The molecule has 1 atom stereocenters. The summed E-state index contributed by atoms with van der Waals surface area (Å²) in [5, 5.41) is 0.818. The molecule has 0 fully saturated rings. The third-order valence-corrected chi connectivity index (χ3v) is 3.91. The Bertz CT molecular complexity index is 543. The summed E-state index contributed by atoms with van der Waals surface area (Å²) < 4.78 is 0. The number of thioether (sulfide) groups is 1. The molecule has 0 radical (unpaired) electrons. The van der Waals surface area contributed by atoms with E-state index in [4.69, 9.17) is 11.6 Å². The highest BCUT2D eigenvalue weighted by atomic mass is 35.5. The molecule has 0 amide bonds. The predicted molar refractivity (Wildman–Crippen MR) is 82.1 cm³/mol. The Labute approximate surface area is 117 Å². The lowest BCUT2D eigenvalue weighted by atomic mass is 10.2. The molecular weight excluding hydrogens is 262 g/mol. The SMILES string of the molecule is C=C1/C=C\C=C/C(C)Sc2ccccc2N=C1Cl. The molecule has 0 aliphatic carbocycles. The Hall–Kier alpha value is -1.25. The van der Waals surface area contributed by atoms with E-state index in [1.54, 1.807) is 11.8 Å². The van der Waals surface area contributed by atoms with Gasteiger partial charge < -0.3 is 0 Å². The fraction of sp³-hybridized carbons (Fsp3) is 0.133. The molecule has 1 aliphatic rings. The van der Waals surface area contributed by atoms with Gasteiger partial charge in [0.05, 0.1) is 5.69 Å². The average molecular weight is 276 g/mol. The molecule has 18 heavy (non-hydrogen) atoms. The van der Waals surface area contributed by atoms with Crippen molar-refractivity contribution in [3.63, 3.8) is 0 Å². The van der Waals surface area contributed by atoms with Crippen LogP contribution in [0.4, 0.5) is 5.69 Å². The second-order valence-corrected chi connectivity index (χ2v) is 5.74. The first kappa shape index (κ1) is 13.2. The standard InChI is InChI=1S/C15H14ClNS/c1-11-7-3-4-8-12(2)18-14-10-6-5-9-13(14)17-15(11)16/h3-10,12H,1H2,2H3/b7-3-,8-4-,17-15?. The summed E-state index contributed by atoms with van der Waals surface area (Å²) in [4.78, 5) is 5.57. The second-order valence-electron chi connectivity index (χ2n) is 3.96. The van der Waals surface area contributed by atoms with Crippen LogP contribution in [0.25, 0.3) is 0 Å². The van der Waals surface area contributed by atoms with Gasteiger partial charge in [0.25, 0.3) is 0 Å². The molecule has 0 saturated heterocycles. The summed E-state index contributed by atoms with van der Waals surface area (Å²) in [6.07, 6.45) is 7.96. The molecule has 1 aromatic rings. The van der Waals surface area contributed by atoms with Crippen molar-refractivity contribution >= 4 is 34.2 Å². The molecule has 1 aliphatic heterocycles. The van der Waals surface area contributed by atoms with Crippen molar-refractivity contribution in [3.05, 3.63) is 60.7 Å². The van der Waals surface area contributed by atoms with E-state index in [0.29, 0.717) is 10.4 Å². The number of halogens is 1. The van der Waals surface area contributed by atoms with E-state index in [1.807, 2.05) is 36.4 Å². The molecule has 1 heterocycles. The number of rotatable bonds is 0. The molecule has 1 unspecified atom stereocenters. The number of allylic oxidation sites excluding steroid dienone is 4. The highest BCUT2D eigenvalue weighted by Gasteiger charge is 2.07. The van der Waals surface area contributed by atoms with Crippen LogP contribution in [0.1, 0.15) is 6.92 Å². The summed E-state index contributed by atoms with van der Waals surface area (Å²) in [6, 6.07) is 8.01. The average Bonchev–Trinajstić information content (AvgIpc) is 2.37. The molecule has 0 spiro atoms. The number of aliphatic imine (C=N–C) groups is 1. The van der Waals surface area contributed by atoms with Crippen molar-refractivity contribution in [2.45, 2.75) is 17.1 Å². The quantitative estimate of drug-likeness (QED) is 0.640. The van der Waals surface area contributed by atoms with Gasteiger partial charge in [0.2, 0.25) is 0 Å². The van der Waals surface area contributed by atoms with Gasteiger partial charge in [-0.15, -0.1) is 11.8 Å². The minimum absolute atomic E-state index is 0.385. The van der Waals surface area contributed by atoms with Gasteiger partial charge in [0.15, 0.2) is 0 Å². The lowest BCUT2D eigenvalue weighted by Crippen LogP contribution is -1.90. The first-order valence-corrected chi connectivity index (χ1v) is 6.96. The molecular formula is C15H14ClNS. The van der Waals surface area contributed by atoms with Crippen molar-refractivity contribution in [2.75, 3.05) is 0 Å². The minimum Gasteiger partial charge on any atom is -0.235 e.